The number of benzene rings is 2. The van der Waals surface area contributed by atoms with Crippen molar-refractivity contribution in [3.05, 3.63) is 77.8 Å². The molecule has 0 unspecified atom stereocenters. The maximum Gasteiger partial charge on any atom is 0.263 e. The average Bonchev–Trinajstić information content (AvgIpc) is 3.46. The zero-order valence-corrected chi connectivity index (χ0v) is 19.6. The summed E-state index contributed by atoms with van der Waals surface area (Å²) in [6.07, 6.45) is 3.08. The Labute approximate surface area is 205 Å². The van der Waals surface area contributed by atoms with Crippen molar-refractivity contribution in [2.75, 3.05) is 19.0 Å². The predicted octanol–water partition coefficient (Wildman–Crippen LogP) is 3.99. The van der Waals surface area contributed by atoms with E-state index in [0.29, 0.717) is 44.9 Å². The molecule has 0 saturated carbocycles. The van der Waals surface area contributed by atoms with E-state index in [0.717, 1.165) is 5.69 Å². The third-order valence-corrected chi connectivity index (χ3v) is 5.36. The fraction of sp³-hybridized carbons (Fsp3) is 0.125. The minimum Gasteiger partial charge on any atom is -0.497 e. The quantitative estimate of drug-likeness (QED) is 0.368. The Hall–Kier alpha value is -4.44. The average molecular weight is 490 g/mol. The van der Waals surface area contributed by atoms with Crippen LogP contribution in [-0.2, 0) is 4.79 Å². The van der Waals surface area contributed by atoms with Gasteiger partial charge in [0, 0.05) is 11.1 Å². The lowest BCUT2D eigenvalue weighted by Gasteiger charge is -2.10. The number of carbonyl (C=O) groups excluding carboxylic acids is 1. The van der Waals surface area contributed by atoms with Gasteiger partial charge in [-0.05, 0) is 49.4 Å². The van der Waals surface area contributed by atoms with Gasteiger partial charge < -0.3 is 14.8 Å². The summed E-state index contributed by atoms with van der Waals surface area (Å²) in [4.78, 5) is 21.4. The normalized spacial score (nSPS) is 10.9. The molecule has 0 spiro atoms. The van der Waals surface area contributed by atoms with Gasteiger partial charge in [-0.1, -0.05) is 17.7 Å². The molecular weight excluding hydrogens is 470 g/mol. The maximum atomic E-state index is 12.6. The van der Waals surface area contributed by atoms with Gasteiger partial charge in [-0.2, -0.15) is 14.9 Å². The second-order valence-corrected chi connectivity index (χ2v) is 8.00. The molecule has 11 heteroatoms. The van der Waals surface area contributed by atoms with Crippen LogP contribution >= 0.6 is 11.6 Å². The predicted molar refractivity (Wildman–Crippen MR) is 131 cm³/mol. The fourth-order valence-electron chi connectivity index (χ4n) is 3.55. The van der Waals surface area contributed by atoms with Gasteiger partial charge in [0.1, 0.15) is 23.6 Å². The van der Waals surface area contributed by atoms with E-state index >= 15 is 0 Å². The largest absolute Gasteiger partial charge is 0.497 e. The third kappa shape index (κ3) is 4.64. The Morgan fingerprint density at radius 3 is 2.63 bits per heavy atom. The number of rotatable bonds is 7. The van der Waals surface area contributed by atoms with Crippen molar-refractivity contribution in [1.29, 1.82) is 0 Å². The van der Waals surface area contributed by atoms with Crippen LogP contribution < -0.4 is 14.8 Å². The van der Waals surface area contributed by atoms with Crippen LogP contribution in [0.4, 0.5) is 5.82 Å². The Morgan fingerprint density at radius 1 is 1.06 bits per heavy atom. The molecule has 0 aliphatic carbocycles. The summed E-state index contributed by atoms with van der Waals surface area (Å²) < 4.78 is 13.9. The zero-order chi connectivity index (χ0) is 24.4. The summed E-state index contributed by atoms with van der Waals surface area (Å²) in [5, 5.41) is 13.1. The van der Waals surface area contributed by atoms with Crippen LogP contribution in [-0.4, -0.2) is 49.2 Å². The van der Waals surface area contributed by atoms with E-state index in [1.165, 1.54) is 6.33 Å². The number of nitrogens with zero attached hydrogens (tertiary/aromatic N) is 6. The van der Waals surface area contributed by atoms with E-state index in [4.69, 9.17) is 21.1 Å². The molecule has 1 amide bonds. The van der Waals surface area contributed by atoms with Crippen LogP contribution in [0.1, 0.15) is 5.69 Å². The first-order chi connectivity index (χ1) is 17.0. The van der Waals surface area contributed by atoms with Crippen LogP contribution in [0.2, 0.25) is 5.02 Å². The van der Waals surface area contributed by atoms with Crippen molar-refractivity contribution in [3.8, 4) is 23.0 Å². The number of aromatic nitrogens is 6. The molecule has 0 aliphatic rings. The molecule has 10 nitrogen and oxygen atoms in total. The van der Waals surface area contributed by atoms with Crippen LogP contribution in [0, 0.1) is 6.92 Å². The molecular formula is C24H20ClN7O3. The lowest BCUT2D eigenvalue weighted by atomic mass is 10.3. The minimum atomic E-state index is -0.345. The van der Waals surface area contributed by atoms with Gasteiger partial charge in [0.25, 0.3) is 5.91 Å². The molecule has 0 atom stereocenters. The second-order valence-electron chi connectivity index (χ2n) is 7.57. The van der Waals surface area contributed by atoms with Crippen molar-refractivity contribution in [2.45, 2.75) is 6.92 Å². The van der Waals surface area contributed by atoms with Gasteiger partial charge in [-0.25, -0.2) is 14.6 Å². The number of nitrogens with one attached hydrogen (secondary N) is 1. The van der Waals surface area contributed by atoms with E-state index in [9.17, 15) is 4.79 Å². The minimum absolute atomic E-state index is 0.178. The number of ether oxygens (including phenoxy) is 2. The molecule has 176 valence electrons. The highest BCUT2D eigenvalue weighted by Crippen LogP contribution is 2.25. The highest BCUT2D eigenvalue weighted by molar-refractivity contribution is 6.30. The Bertz CT molecular complexity index is 1510. The van der Waals surface area contributed by atoms with Crippen LogP contribution in [0.15, 0.2) is 67.1 Å². The Balaban J connectivity index is 1.40. The van der Waals surface area contributed by atoms with Crippen molar-refractivity contribution in [2.24, 2.45) is 0 Å². The van der Waals surface area contributed by atoms with Crippen molar-refractivity contribution >= 4 is 34.4 Å². The summed E-state index contributed by atoms with van der Waals surface area (Å²) in [5.74, 6) is 1.83. The first-order valence-electron chi connectivity index (χ1n) is 10.6. The number of anilines is 1. The highest BCUT2D eigenvalue weighted by atomic mass is 35.5. The van der Waals surface area contributed by atoms with Gasteiger partial charge in [-0.3, -0.25) is 4.79 Å². The van der Waals surface area contributed by atoms with Gasteiger partial charge in [0.2, 0.25) is 0 Å². The van der Waals surface area contributed by atoms with E-state index in [1.807, 2.05) is 19.1 Å². The molecule has 2 aromatic carbocycles. The Morgan fingerprint density at radius 2 is 1.86 bits per heavy atom. The lowest BCUT2D eigenvalue weighted by Crippen LogP contribution is -2.22. The summed E-state index contributed by atoms with van der Waals surface area (Å²) in [5.41, 5.74) is 2.04. The van der Waals surface area contributed by atoms with Crippen molar-refractivity contribution in [3.63, 3.8) is 0 Å². The fourth-order valence-corrected chi connectivity index (χ4v) is 3.73. The number of amides is 1. The molecule has 3 heterocycles. The monoisotopic (exact) mass is 489 g/mol. The standard InChI is InChI=1S/C24H20ClN7O3/c1-15-10-21(29-22(33)13-35-19-8-6-18(34-2)7-9-19)32(30-15)24-20-12-28-31(23(20)26-14-27-24)17-5-3-4-16(25)11-17/h3-12,14H,13H2,1-2H3,(H,29,33). The smallest absolute Gasteiger partial charge is 0.263 e. The van der Waals surface area contributed by atoms with Crippen molar-refractivity contribution < 1.29 is 14.3 Å². The summed E-state index contributed by atoms with van der Waals surface area (Å²) in [7, 11) is 1.59. The second kappa shape index (κ2) is 9.43. The molecule has 0 radical (unpaired) electrons. The van der Waals surface area contributed by atoms with Crippen LogP contribution in [0.25, 0.3) is 22.5 Å². The van der Waals surface area contributed by atoms with E-state index < -0.39 is 0 Å². The van der Waals surface area contributed by atoms with Gasteiger partial charge >= 0.3 is 0 Å². The number of aryl methyl sites for hydroxylation is 1. The summed E-state index contributed by atoms with van der Waals surface area (Å²) in [6, 6.07) is 16.0. The topological polar surface area (TPSA) is 109 Å². The molecule has 0 fully saturated rings. The first kappa shape index (κ1) is 22.4. The molecule has 0 aliphatic heterocycles. The lowest BCUT2D eigenvalue weighted by molar-refractivity contribution is -0.118. The Kier molecular flexibility index (Phi) is 6.02. The molecule has 0 bridgehead atoms. The number of hydrogen-bond acceptors (Lipinski definition) is 7. The van der Waals surface area contributed by atoms with E-state index in [2.05, 4.69) is 25.5 Å². The molecule has 1 N–H and O–H groups in total. The number of hydrogen-bond donors (Lipinski definition) is 1. The maximum absolute atomic E-state index is 12.6. The summed E-state index contributed by atoms with van der Waals surface area (Å²) in [6.45, 7) is 1.65. The SMILES string of the molecule is COc1ccc(OCC(=O)Nc2cc(C)nn2-c2ncnc3c2cnn3-c2cccc(Cl)c2)cc1. The zero-order valence-electron chi connectivity index (χ0n) is 18.8. The van der Waals surface area contributed by atoms with Gasteiger partial charge in [0.15, 0.2) is 18.1 Å². The molecule has 0 saturated heterocycles. The summed E-state index contributed by atoms with van der Waals surface area (Å²) >= 11 is 6.15. The van der Waals surface area contributed by atoms with Gasteiger partial charge in [-0.15, -0.1) is 0 Å². The van der Waals surface area contributed by atoms with Crippen LogP contribution in [0.5, 0.6) is 11.5 Å². The number of fused-ring (bicyclic) bond motifs is 1. The number of halogens is 1. The van der Waals surface area contributed by atoms with Crippen molar-refractivity contribution in [1.82, 2.24) is 29.5 Å². The van der Waals surface area contributed by atoms with E-state index in [-0.39, 0.29) is 12.5 Å². The first-order valence-corrected chi connectivity index (χ1v) is 11.0. The van der Waals surface area contributed by atoms with E-state index in [1.54, 1.807) is 65.1 Å². The highest BCUT2D eigenvalue weighted by Gasteiger charge is 2.18. The third-order valence-electron chi connectivity index (χ3n) is 5.13. The van der Waals surface area contributed by atoms with Crippen LogP contribution in [0.3, 0.4) is 0 Å². The molecule has 5 rings (SSSR count). The number of carbonyl (C=O) groups is 1. The van der Waals surface area contributed by atoms with Gasteiger partial charge in [0.05, 0.1) is 30.1 Å². The number of methoxy groups -OCH3 is 1. The molecule has 5 aromatic rings. The molecule has 35 heavy (non-hydrogen) atoms. The molecule has 3 aromatic heterocycles.